The highest BCUT2D eigenvalue weighted by atomic mass is 35.5. The van der Waals surface area contributed by atoms with Crippen LogP contribution in [0.15, 0.2) is 46.2 Å². The zero-order valence-electron chi connectivity index (χ0n) is 14.4. The van der Waals surface area contributed by atoms with Crippen molar-refractivity contribution in [1.29, 1.82) is 0 Å². The monoisotopic (exact) mass is 404 g/mol. The highest BCUT2D eigenvalue weighted by molar-refractivity contribution is 6.39. The lowest BCUT2D eigenvalue weighted by molar-refractivity contribution is -0.384. The summed E-state index contributed by atoms with van der Waals surface area (Å²) in [7, 11) is 0. The van der Waals surface area contributed by atoms with E-state index in [2.05, 4.69) is 10.1 Å². The number of nitrogens with one attached hydrogen (secondary N) is 1. The van der Waals surface area contributed by atoms with Crippen molar-refractivity contribution in [3.8, 4) is 5.69 Å². The number of nitrogens with zero attached hydrogens (tertiary/aromatic N) is 3. The number of rotatable bonds is 4. The second kappa shape index (κ2) is 7.38. The molecule has 0 radical (unpaired) electrons. The highest BCUT2D eigenvalue weighted by Gasteiger charge is 2.15. The van der Waals surface area contributed by atoms with Crippen molar-refractivity contribution >= 4 is 40.8 Å². The van der Waals surface area contributed by atoms with Crippen LogP contribution in [-0.2, 0) is 0 Å². The maximum atomic E-state index is 12.7. The van der Waals surface area contributed by atoms with Crippen LogP contribution in [0.1, 0.15) is 16.8 Å². The quantitative estimate of drug-likeness (QED) is 0.386. The molecule has 27 heavy (non-hydrogen) atoms. The van der Waals surface area contributed by atoms with Gasteiger partial charge in [0.25, 0.3) is 11.2 Å². The Morgan fingerprint density at radius 2 is 1.74 bits per heavy atom. The van der Waals surface area contributed by atoms with Crippen molar-refractivity contribution in [2.45, 2.75) is 13.8 Å². The molecule has 9 heteroatoms. The van der Waals surface area contributed by atoms with Crippen LogP contribution in [0.5, 0.6) is 0 Å². The second-order valence-corrected chi connectivity index (χ2v) is 6.71. The minimum atomic E-state index is -0.595. The molecule has 0 atom stereocenters. The van der Waals surface area contributed by atoms with Gasteiger partial charge in [-0.25, -0.2) is 4.68 Å². The zero-order valence-corrected chi connectivity index (χ0v) is 15.9. The van der Waals surface area contributed by atoms with Crippen molar-refractivity contribution in [3.05, 3.63) is 83.7 Å². The molecule has 138 valence electrons. The van der Waals surface area contributed by atoms with Gasteiger partial charge in [-0.2, -0.15) is 0 Å². The lowest BCUT2D eigenvalue weighted by atomic mass is 10.2. The summed E-state index contributed by atoms with van der Waals surface area (Å²) in [6.07, 6.45) is 1.35. The van der Waals surface area contributed by atoms with E-state index in [1.54, 1.807) is 6.92 Å². The first kappa shape index (κ1) is 18.9. The van der Waals surface area contributed by atoms with E-state index in [-0.39, 0.29) is 27.0 Å². The summed E-state index contributed by atoms with van der Waals surface area (Å²) in [4.78, 5) is 27.1. The fourth-order valence-corrected chi connectivity index (χ4v) is 3.07. The molecule has 1 N–H and O–H groups in total. The zero-order chi connectivity index (χ0) is 19.7. The summed E-state index contributed by atoms with van der Waals surface area (Å²) >= 11 is 12.1. The number of benzene rings is 2. The fourth-order valence-electron chi connectivity index (χ4n) is 2.50. The third-order valence-corrected chi connectivity index (χ3v) is 4.52. The van der Waals surface area contributed by atoms with Crippen LogP contribution in [0.3, 0.4) is 0 Å². The number of halogens is 2. The standard InChI is InChI=1S/C18H14Cl2N4O3/c1-10-3-5-12(6-4-10)23-18(25)14(11(2)22-23)9-21-17-15(19)7-13(24(26)27)8-16(17)20/h3-9,22H,1-2H3. The Labute approximate surface area is 164 Å². The number of aromatic amines is 1. The lowest BCUT2D eigenvalue weighted by Gasteiger charge is -2.01. The van der Waals surface area contributed by atoms with Gasteiger partial charge in [-0.15, -0.1) is 0 Å². The molecular weight excluding hydrogens is 391 g/mol. The number of H-pyrrole nitrogens is 1. The van der Waals surface area contributed by atoms with Gasteiger partial charge in [0.05, 0.1) is 26.2 Å². The van der Waals surface area contributed by atoms with Crippen LogP contribution < -0.4 is 5.56 Å². The molecule has 0 unspecified atom stereocenters. The van der Waals surface area contributed by atoms with Crippen molar-refractivity contribution in [3.63, 3.8) is 0 Å². The second-order valence-electron chi connectivity index (χ2n) is 5.90. The van der Waals surface area contributed by atoms with E-state index in [0.29, 0.717) is 16.9 Å². The summed E-state index contributed by atoms with van der Waals surface area (Å²) in [5, 5.41) is 13.9. The molecule has 0 fully saturated rings. The molecule has 3 rings (SSSR count). The van der Waals surface area contributed by atoms with Crippen LogP contribution in [0.2, 0.25) is 10.0 Å². The number of aliphatic imine (C=N–C) groups is 1. The molecule has 0 aliphatic rings. The van der Waals surface area contributed by atoms with E-state index >= 15 is 0 Å². The third kappa shape index (κ3) is 3.79. The van der Waals surface area contributed by atoms with Crippen molar-refractivity contribution < 1.29 is 4.92 Å². The van der Waals surface area contributed by atoms with Gasteiger partial charge in [0.2, 0.25) is 0 Å². The Hall–Kier alpha value is -2.90. The number of aryl methyl sites for hydroxylation is 2. The molecular formula is C18H14Cl2N4O3. The molecule has 0 spiro atoms. The SMILES string of the molecule is Cc1ccc(-n2[nH]c(C)c(C=Nc3c(Cl)cc([N+](=O)[O-])cc3Cl)c2=O)cc1. The average Bonchev–Trinajstić information content (AvgIpc) is 2.89. The molecule has 1 aromatic heterocycles. The molecule has 0 aliphatic heterocycles. The summed E-state index contributed by atoms with van der Waals surface area (Å²) in [5.74, 6) is 0. The molecule has 2 aromatic carbocycles. The predicted octanol–water partition coefficient (Wildman–Crippen LogP) is 4.75. The number of nitro benzene ring substituents is 1. The molecule has 7 nitrogen and oxygen atoms in total. The molecule has 0 saturated carbocycles. The van der Waals surface area contributed by atoms with E-state index in [4.69, 9.17) is 23.2 Å². The van der Waals surface area contributed by atoms with Gasteiger partial charge in [0, 0.05) is 24.0 Å². The Kier molecular flexibility index (Phi) is 5.16. The minimum Gasteiger partial charge on any atom is -0.295 e. The third-order valence-electron chi connectivity index (χ3n) is 3.94. The average molecular weight is 405 g/mol. The normalized spacial score (nSPS) is 11.3. The Morgan fingerprint density at radius 1 is 1.15 bits per heavy atom. The van der Waals surface area contributed by atoms with Gasteiger partial charge < -0.3 is 0 Å². The first-order chi connectivity index (χ1) is 12.8. The maximum absolute atomic E-state index is 12.7. The number of hydrogen-bond acceptors (Lipinski definition) is 4. The largest absolute Gasteiger partial charge is 0.295 e. The summed E-state index contributed by atoms with van der Waals surface area (Å²) in [5.41, 5.74) is 2.36. The number of hydrogen-bond donors (Lipinski definition) is 1. The fraction of sp³-hybridized carbons (Fsp3) is 0.111. The van der Waals surface area contributed by atoms with Crippen molar-refractivity contribution in [2.75, 3.05) is 0 Å². The molecule has 0 amide bonds. The van der Waals surface area contributed by atoms with Crippen LogP contribution in [-0.4, -0.2) is 20.9 Å². The number of nitro groups is 1. The smallest absolute Gasteiger partial charge is 0.280 e. The predicted molar refractivity (Wildman–Crippen MR) is 106 cm³/mol. The van der Waals surface area contributed by atoms with E-state index < -0.39 is 4.92 Å². The van der Waals surface area contributed by atoms with Crippen molar-refractivity contribution in [2.24, 2.45) is 4.99 Å². The summed E-state index contributed by atoms with van der Waals surface area (Å²) in [6.45, 7) is 3.70. The van der Waals surface area contributed by atoms with E-state index in [1.807, 2.05) is 31.2 Å². The van der Waals surface area contributed by atoms with E-state index in [9.17, 15) is 14.9 Å². The van der Waals surface area contributed by atoms with Gasteiger partial charge in [-0.3, -0.25) is 25.0 Å². The molecule has 1 heterocycles. The van der Waals surface area contributed by atoms with Crippen LogP contribution in [0, 0.1) is 24.0 Å². The van der Waals surface area contributed by atoms with E-state index in [1.165, 1.54) is 10.9 Å². The molecule has 0 saturated heterocycles. The van der Waals surface area contributed by atoms with Crippen LogP contribution in [0.25, 0.3) is 5.69 Å². The molecule has 0 aliphatic carbocycles. The highest BCUT2D eigenvalue weighted by Crippen LogP contribution is 2.36. The van der Waals surface area contributed by atoms with Gasteiger partial charge in [-0.1, -0.05) is 40.9 Å². The van der Waals surface area contributed by atoms with Crippen LogP contribution in [0.4, 0.5) is 11.4 Å². The maximum Gasteiger partial charge on any atom is 0.280 e. The molecule has 0 bridgehead atoms. The summed E-state index contributed by atoms with van der Waals surface area (Å²) in [6, 6.07) is 9.79. The number of non-ortho nitro benzene ring substituents is 1. The topological polar surface area (TPSA) is 93.3 Å². The first-order valence-electron chi connectivity index (χ1n) is 7.84. The first-order valence-corrected chi connectivity index (χ1v) is 8.59. The Bertz CT molecular complexity index is 1090. The molecule has 3 aromatic rings. The van der Waals surface area contributed by atoms with E-state index in [0.717, 1.165) is 17.7 Å². The van der Waals surface area contributed by atoms with Crippen molar-refractivity contribution in [1.82, 2.24) is 9.78 Å². The van der Waals surface area contributed by atoms with Gasteiger partial charge in [0.1, 0.15) is 5.69 Å². The lowest BCUT2D eigenvalue weighted by Crippen LogP contribution is -2.17. The Morgan fingerprint density at radius 3 is 2.30 bits per heavy atom. The minimum absolute atomic E-state index is 0.0255. The van der Waals surface area contributed by atoms with Crippen LogP contribution >= 0.6 is 23.2 Å². The summed E-state index contributed by atoms with van der Waals surface area (Å²) < 4.78 is 1.41. The van der Waals surface area contributed by atoms with Gasteiger partial charge in [-0.05, 0) is 26.0 Å². The van der Waals surface area contributed by atoms with Gasteiger partial charge in [0.15, 0.2) is 0 Å². The number of aromatic nitrogens is 2. The van der Waals surface area contributed by atoms with Gasteiger partial charge >= 0.3 is 0 Å². The Balaban J connectivity index is 2.01.